The lowest BCUT2D eigenvalue weighted by Crippen LogP contribution is -2.15. The van der Waals surface area contributed by atoms with Crippen LogP contribution in [0.4, 0.5) is 0 Å². The summed E-state index contributed by atoms with van der Waals surface area (Å²) in [7, 11) is 0. The number of aliphatic carboxylic acids is 1. The molecule has 1 aliphatic heterocycles. The van der Waals surface area contributed by atoms with Crippen LogP contribution in [0.2, 0.25) is 0 Å². The molecule has 98 valence electrons. The Morgan fingerprint density at radius 3 is 3.06 bits per heavy atom. The predicted molar refractivity (Wildman–Crippen MR) is 68.8 cm³/mol. The lowest BCUT2D eigenvalue weighted by atomic mass is 10.2. The molecule has 2 rings (SSSR count). The Kier molecular flexibility index (Phi) is 4.43. The largest absolute Gasteiger partial charge is 0.481 e. The number of carboxylic acid groups (broad SMARTS) is 1. The van der Waals surface area contributed by atoms with Crippen molar-refractivity contribution in [3.8, 4) is 11.5 Å². The average Bonchev–Trinajstić information content (AvgIpc) is 2.77. The van der Waals surface area contributed by atoms with Crippen molar-refractivity contribution in [1.82, 2.24) is 5.32 Å². The molecule has 1 aromatic rings. The highest BCUT2D eigenvalue weighted by molar-refractivity contribution is 9.10. The first kappa shape index (κ1) is 13.2. The SMILES string of the molecule is O=C(O)CCCNCc1cc(Br)c2c(c1)OCO2. The van der Waals surface area contributed by atoms with Gasteiger partial charge in [0, 0.05) is 13.0 Å². The highest BCUT2D eigenvalue weighted by Crippen LogP contribution is 2.39. The first-order valence-electron chi connectivity index (χ1n) is 5.67. The minimum atomic E-state index is -0.761. The average molecular weight is 316 g/mol. The van der Waals surface area contributed by atoms with Crippen LogP contribution in [0.3, 0.4) is 0 Å². The number of benzene rings is 1. The lowest BCUT2D eigenvalue weighted by Gasteiger charge is -2.06. The van der Waals surface area contributed by atoms with Crippen molar-refractivity contribution in [3.05, 3.63) is 22.2 Å². The second-order valence-electron chi connectivity index (χ2n) is 3.99. The van der Waals surface area contributed by atoms with Gasteiger partial charge in [-0.15, -0.1) is 0 Å². The normalized spacial score (nSPS) is 12.7. The molecule has 0 radical (unpaired) electrons. The van der Waals surface area contributed by atoms with Crippen LogP contribution >= 0.6 is 15.9 Å². The number of halogens is 1. The van der Waals surface area contributed by atoms with Crippen molar-refractivity contribution in [2.75, 3.05) is 13.3 Å². The van der Waals surface area contributed by atoms with Gasteiger partial charge in [-0.1, -0.05) is 0 Å². The van der Waals surface area contributed by atoms with Gasteiger partial charge in [0.1, 0.15) is 0 Å². The first-order chi connectivity index (χ1) is 8.66. The first-order valence-corrected chi connectivity index (χ1v) is 6.46. The number of ether oxygens (including phenoxy) is 2. The summed E-state index contributed by atoms with van der Waals surface area (Å²) in [5.74, 6) is 0.721. The summed E-state index contributed by atoms with van der Waals surface area (Å²) in [4.78, 5) is 10.3. The Morgan fingerprint density at radius 1 is 1.44 bits per heavy atom. The van der Waals surface area contributed by atoms with Crippen molar-refractivity contribution >= 4 is 21.9 Å². The van der Waals surface area contributed by atoms with E-state index in [9.17, 15) is 4.79 Å². The second-order valence-corrected chi connectivity index (χ2v) is 4.84. The molecule has 1 aliphatic rings. The number of rotatable bonds is 6. The molecule has 0 fully saturated rings. The van der Waals surface area contributed by atoms with Gasteiger partial charge in [0.25, 0.3) is 0 Å². The Morgan fingerprint density at radius 2 is 2.28 bits per heavy atom. The molecule has 0 spiro atoms. The predicted octanol–water partition coefficient (Wildman–Crippen LogP) is 2.13. The Labute approximate surface area is 113 Å². The molecule has 0 atom stereocenters. The maximum atomic E-state index is 10.3. The van der Waals surface area contributed by atoms with Crippen LogP contribution in [0.1, 0.15) is 18.4 Å². The fraction of sp³-hybridized carbons (Fsp3) is 0.417. The van der Waals surface area contributed by atoms with Gasteiger partial charge >= 0.3 is 5.97 Å². The zero-order valence-electron chi connectivity index (χ0n) is 9.74. The molecule has 0 bridgehead atoms. The van der Waals surface area contributed by atoms with Crippen LogP contribution < -0.4 is 14.8 Å². The topological polar surface area (TPSA) is 67.8 Å². The van der Waals surface area contributed by atoms with E-state index in [2.05, 4.69) is 21.2 Å². The molecule has 1 heterocycles. The molecule has 6 heteroatoms. The molecule has 0 saturated heterocycles. The van der Waals surface area contributed by atoms with Gasteiger partial charge in [-0.25, -0.2) is 0 Å². The summed E-state index contributed by atoms with van der Waals surface area (Å²) in [5, 5.41) is 11.7. The van der Waals surface area contributed by atoms with Crippen molar-refractivity contribution in [2.24, 2.45) is 0 Å². The highest BCUT2D eigenvalue weighted by Gasteiger charge is 2.17. The van der Waals surface area contributed by atoms with E-state index in [1.165, 1.54) is 0 Å². The van der Waals surface area contributed by atoms with E-state index < -0.39 is 5.97 Å². The van der Waals surface area contributed by atoms with Crippen molar-refractivity contribution in [2.45, 2.75) is 19.4 Å². The molecular formula is C12H14BrNO4. The van der Waals surface area contributed by atoms with Gasteiger partial charge < -0.3 is 19.9 Å². The molecule has 2 N–H and O–H groups in total. The van der Waals surface area contributed by atoms with Gasteiger partial charge in [-0.2, -0.15) is 0 Å². The quantitative estimate of drug-likeness (QED) is 0.787. The van der Waals surface area contributed by atoms with Crippen LogP contribution in [-0.4, -0.2) is 24.4 Å². The molecule has 0 aromatic heterocycles. The summed E-state index contributed by atoms with van der Waals surface area (Å²) in [6.45, 7) is 1.61. The molecule has 0 aliphatic carbocycles. The van der Waals surface area contributed by atoms with Crippen LogP contribution in [0.15, 0.2) is 16.6 Å². The molecule has 0 unspecified atom stereocenters. The van der Waals surface area contributed by atoms with Crippen molar-refractivity contribution < 1.29 is 19.4 Å². The Hall–Kier alpha value is -1.27. The van der Waals surface area contributed by atoms with E-state index in [0.29, 0.717) is 19.5 Å². The third-order valence-electron chi connectivity index (χ3n) is 2.56. The minimum absolute atomic E-state index is 0.192. The summed E-state index contributed by atoms with van der Waals surface area (Å²) >= 11 is 3.43. The van der Waals surface area contributed by atoms with Crippen molar-refractivity contribution in [3.63, 3.8) is 0 Å². The fourth-order valence-corrected chi connectivity index (χ4v) is 2.32. The number of hydrogen-bond donors (Lipinski definition) is 2. The zero-order chi connectivity index (χ0) is 13.0. The van der Waals surface area contributed by atoms with E-state index in [4.69, 9.17) is 14.6 Å². The van der Waals surface area contributed by atoms with Crippen LogP contribution in [0.5, 0.6) is 11.5 Å². The second kappa shape index (κ2) is 6.06. The maximum absolute atomic E-state index is 10.3. The summed E-state index contributed by atoms with van der Waals surface area (Å²) in [5.41, 5.74) is 1.07. The van der Waals surface area contributed by atoms with E-state index in [0.717, 1.165) is 21.5 Å². The monoisotopic (exact) mass is 315 g/mol. The molecule has 0 amide bonds. The van der Waals surface area contributed by atoms with Gasteiger partial charge in [0.2, 0.25) is 6.79 Å². The molecular weight excluding hydrogens is 302 g/mol. The van der Waals surface area contributed by atoms with Crippen molar-refractivity contribution in [1.29, 1.82) is 0 Å². The summed E-state index contributed by atoms with van der Waals surface area (Å²) < 4.78 is 11.5. The maximum Gasteiger partial charge on any atom is 0.303 e. The lowest BCUT2D eigenvalue weighted by molar-refractivity contribution is -0.137. The smallest absolute Gasteiger partial charge is 0.303 e. The molecule has 18 heavy (non-hydrogen) atoms. The molecule has 0 saturated carbocycles. The Balaban J connectivity index is 1.83. The third-order valence-corrected chi connectivity index (χ3v) is 3.15. The van der Waals surface area contributed by atoms with Gasteiger partial charge in [-0.05, 0) is 46.6 Å². The third kappa shape index (κ3) is 3.36. The minimum Gasteiger partial charge on any atom is -0.481 e. The molecule has 1 aromatic carbocycles. The number of hydrogen-bond acceptors (Lipinski definition) is 4. The molecule has 5 nitrogen and oxygen atoms in total. The highest BCUT2D eigenvalue weighted by atomic mass is 79.9. The summed E-state index contributed by atoms with van der Waals surface area (Å²) in [6.07, 6.45) is 0.818. The van der Waals surface area contributed by atoms with Crippen LogP contribution in [-0.2, 0) is 11.3 Å². The number of nitrogens with one attached hydrogen (secondary N) is 1. The zero-order valence-corrected chi connectivity index (χ0v) is 11.3. The van der Waals surface area contributed by atoms with E-state index >= 15 is 0 Å². The van der Waals surface area contributed by atoms with Crippen LogP contribution in [0, 0.1) is 0 Å². The number of carboxylic acids is 1. The van der Waals surface area contributed by atoms with E-state index in [-0.39, 0.29) is 13.2 Å². The fourth-order valence-electron chi connectivity index (χ4n) is 1.72. The summed E-state index contributed by atoms with van der Waals surface area (Å²) in [6, 6.07) is 3.90. The van der Waals surface area contributed by atoms with Gasteiger partial charge in [0.05, 0.1) is 4.47 Å². The standard InChI is InChI=1S/C12H14BrNO4/c13-9-4-8(5-10-12(9)18-7-17-10)6-14-3-1-2-11(15)16/h4-5,14H,1-3,6-7H2,(H,15,16). The van der Waals surface area contributed by atoms with E-state index in [1.54, 1.807) is 0 Å². The Bertz CT molecular complexity index is 450. The van der Waals surface area contributed by atoms with Gasteiger partial charge in [-0.3, -0.25) is 4.79 Å². The van der Waals surface area contributed by atoms with Crippen LogP contribution in [0.25, 0.3) is 0 Å². The number of fused-ring (bicyclic) bond motifs is 1. The van der Waals surface area contributed by atoms with Gasteiger partial charge in [0.15, 0.2) is 11.5 Å². The van der Waals surface area contributed by atoms with E-state index in [1.807, 2.05) is 12.1 Å². The number of carbonyl (C=O) groups is 1.